The zero-order chi connectivity index (χ0) is 52.9. The van der Waals surface area contributed by atoms with E-state index >= 15 is 0 Å². The van der Waals surface area contributed by atoms with E-state index in [1.165, 1.54) is 257 Å². The lowest BCUT2D eigenvalue weighted by Crippen LogP contribution is -2.30. The molecule has 0 aromatic heterocycles. The molecule has 6 nitrogen and oxygen atoms in total. The van der Waals surface area contributed by atoms with Crippen molar-refractivity contribution in [1.82, 2.24) is 0 Å². The third-order valence-corrected chi connectivity index (χ3v) is 14.6. The molecular formula is C67H124O6. The lowest BCUT2D eigenvalue weighted by molar-refractivity contribution is -0.167. The smallest absolute Gasteiger partial charge is 0.306 e. The highest BCUT2D eigenvalue weighted by atomic mass is 16.6. The molecular weight excluding hydrogens is 901 g/mol. The Bertz CT molecular complexity index is 1220. The molecule has 0 radical (unpaired) electrons. The molecule has 0 N–H and O–H groups in total. The van der Waals surface area contributed by atoms with Crippen LogP contribution in [-0.4, -0.2) is 37.2 Å². The van der Waals surface area contributed by atoms with Gasteiger partial charge in [-0.15, -0.1) is 0 Å². The van der Waals surface area contributed by atoms with E-state index in [2.05, 4.69) is 57.2 Å². The molecule has 0 heterocycles. The zero-order valence-corrected chi connectivity index (χ0v) is 49.2. The van der Waals surface area contributed by atoms with E-state index in [4.69, 9.17) is 14.2 Å². The van der Waals surface area contributed by atoms with Crippen LogP contribution in [0.4, 0.5) is 0 Å². The number of ether oxygens (including phenoxy) is 3. The van der Waals surface area contributed by atoms with Gasteiger partial charge in [0.1, 0.15) is 13.2 Å². The third kappa shape index (κ3) is 60.4. The van der Waals surface area contributed by atoms with Gasteiger partial charge in [0.25, 0.3) is 0 Å². The molecule has 0 saturated heterocycles. The van der Waals surface area contributed by atoms with E-state index in [1.54, 1.807) is 0 Å². The summed E-state index contributed by atoms with van der Waals surface area (Å²) in [6, 6.07) is 0. The molecule has 0 bridgehead atoms. The molecule has 0 spiro atoms. The minimum atomic E-state index is -0.777. The Balaban J connectivity index is 4.35. The molecule has 0 fully saturated rings. The van der Waals surface area contributed by atoms with E-state index in [9.17, 15) is 14.4 Å². The number of carbonyl (C=O) groups excluding carboxylic acids is 3. The molecule has 0 aliphatic heterocycles. The van der Waals surface area contributed by atoms with E-state index in [-0.39, 0.29) is 31.1 Å². The normalized spacial score (nSPS) is 12.2. The molecule has 0 aliphatic carbocycles. The van der Waals surface area contributed by atoms with Gasteiger partial charge in [-0.25, -0.2) is 0 Å². The Morgan fingerprint density at radius 3 is 0.685 bits per heavy atom. The van der Waals surface area contributed by atoms with Crippen LogP contribution in [0.1, 0.15) is 355 Å². The summed E-state index contributed by atoms with van der Waals surface area (Å²) in [6.07, 6.45) is 75.7. The average molecular weight is 1030 g/mol. The van der Waals surface area contributed by atoms with Crippen molar-refractivity contribution in [3.63, 3.8) is 0 Å². The Labute approximate surface area is 455 Å². The summed E-state index contributed by atoms with van der Waals surface area (Å²) in [5.74, 6) is -0.861. The Morgan fingerprint density at radius 2 is 0.452 bits per heavy atom. The monoisotopic (exact) mass is 1020 g/mol. The predicted molar refractivity (Wildman–Crippen MR) is 316 cm³/mol. The first-order chi connectivity index (χ1) is 36.0. The van der Waals surface area contributed by atoms with Crippen LogP contribution in [0.25, 0.3) is 0 Å². The second-order valence-electron chi connectivity index (χ2n) is 22.0. The lowest BCUT2D eigenvalue weighted by Gasteiger charge is -2.18. The Morgan fingerprint density at radius 1 is 0.260 bits per heavy atom. The van der Waals surface area contributed by atoms with Gasteiger partial charge >= 0.3 is 17.9 Å². The van der Waals surface area contributed by atoms with Crippen molar-refractivity contribution in [2.75, 3.05) is 13.2 Å². The van der Waals surface area contributed by atoms with Crippen LogP contribution in [0.15, 0.2) is 36.5 Å². The van der Waals surface area contributed by atoms with Crippen LogP contribution in [-0.2, 0) is 28.6 Å². The molecule has 0 rings (SSSR count). The molecule has 0 aromatic carbocycles. The van der Waals surface area contributed by atoms with Gasteiger partial charge in [-0.2, -0.15) is 0 Å². The van der Waals surface area contributed by atoms with Gasteiger partial charge < -0.3 is 14.2 Å². The summed E-state index contributed by atoms with van der Waals surface area (Å²) in [4.78, 5) is 38.3. The topological polar surface area (TPSA) is 78.9 Å². The van der Waals surface area contributed by atoms with Gasteiger partial charge in [-0.1, -0.05) is 276 Å². The molecule has 0 amide bonds. The number of allylic oxidation sites excluding steroid dienone is 6. The van der Waals surface area contributed by atoms with Gasteiger partial charge in [0.05, 0.1) is 0 Å². The number of esters is 3. The number of hydrogen-bond acceptors (Lipinski definition) is 6. The Hall–Kier alpha value is -2.37. The maximum Gasteiger partial charge on any atom is 0.306 e. The quantitative estimate of drug-likeness (QED) is 0.0261. The van der Waals surface area contributed by atoms with E-state index < -0.39 is 6.10 Å². The first-order valence-electron chi connectivity index (χ1n) is 32.5. The van der Waals surface area contributed by atoms with Gasteiger partial charge in [-0.3, -0.25) is 14.4 Å². The van der Waals surface area contributed by atoms with Crippen molar-refractivity contribution in [3.8, 4) is 0 Å². The zero-order valence-electron chi connectivity index (χ0n) is 49.2. The van der Waals surface area contributed by atoms with Gasteiger partial charge in [0.15, 0.2) is 6.10 Å². The second kappa shape index (κ2) is 62.2. The number of unbranched alkanes of at least 4 members (excludes halogenated alkanes) is 43. The summed E-state index contributed by atoms with van der Waals surface area (Å²) in [6.45, 7) is 6.68. The number of carbonyl (C=O) groups is 3. The summed E-state index contributed by atoms with van der Waals surface area (Å²) < 4.78 is 17.0. The maximum absolute atomic E-state index is 12.9. The van der Waals surface area contributed by atoms with Crippen LogP contribution >= 0.6 is 0 Å². The van der Waals surface area contributed by atoms with Crippen LogP contribution < -0.4 is 0 Å². The van der Waals surface area contributed by atoms with Gasteiger partial charge in [0, 0.05) is 19.3 Å². The highest BCUT2D eigenvalue weighted by Gasteiger charge is 2.19. The van der Waals surface area contributed by atoms with Crippen LogP contribution in [0.3, 0.4) is 0 Å². The fraction of sp³-hybridized carbons (Fsp3) is 0.866. The Kier molecular flexibility index (Phi) is 60.2. The molecule has 1 atom stereocenters. The van der Waals surface area contributed by atoms with Crippen LogP contribution in [0, 0.1) is 0 Å². The minimum absolute atomic E-state index is 0.0733. The molecule has 428 valence electrons. The minimum Gasteiger partial charge on any atom is -0.462 e. The van der Waals surface area contributed by atoms with E-state index in [0.717, 1.165) is 57.8 Å². The van der Waals surface area contributed by atoms with E-state index in [1.807, 2.05) is 0 Å². The van der Waals surface area contributed by atoms with Crippen molar-refractivity contribution in [2.24, 2.45) is 0 Å². The summed E-state index contributed by atoms with van der Waals surface area (Å²) >= 11 is 0. The third-order valence-electron chi connectivity index (χ3n) is 14.6. The first kappa shape index (κ1) is 70.6. The standard InChI is InChI=1S/C67H124O6/c1-4-7-10-13-16-19-22-25-28-31-34-37-39-42-45-48-51-54-57-60-66(69)72-63-64(73-67(70)61-58-55-52-49-46-43-40-36-33-30-27-24-21-18-15-12-9-6-3)62-71-65(68)59-56-53-50-47-44-41-38-35-32-29-26-23-20-17-14-11-8-5-2/h25,28-30,32-33,64H,4-24,26-27,31,34-63H2,1-3H3/b28-25-,32-29-,33-30-. The van der Waals surface area contributed by atoms with Crippen molar-refractivity contribution < 1.29 is 28.6 Å². The van der Waals surface area contributed by atoms with Crippen molar-refractivity contribution in [3.05, 3.63) is 36.5 Å². The average Bonchev–Trinajstić information content (AvgIpc) is 3.39. The summed E-state index contributed by atoms with van der Waals surface area (Å²) in [7, 11) is 0. The number of hydrogen-bond donors (Lipinski definition) is 0. The second-order valence-corrected chi connectivity index (χ2v) is 22.0. The van der Waals surface area contributed by atoms with Crippen molar-refractivity contribution in [2.45, 2.75) is 361 Å². The maximum atomic E-state index is 12.9. The molecule has 0 aliphatic rings. The van der Waals surface area contributed by atoms with Gasteiger partial charge in [0.2, 0.25) is 0 Å². The van der Waals surface area contributed by atoms with Crippen molar-refractivity contribution >= 4 is 17.9 Å². The van der Waals surface area contributed by atoms with Crippen molar-refractivity contribution in [1.29, 1.82) is 0 Å². The largest absolute Gasteiger partial charge is 0.462 e. The molecule has 73 heavy (non-hydrogen) atoms. The molecule has 1 unspecified atom stereocenters. The molecule has 0 saturated carbocycles. The highest BCUT2D eigenvalue weighted by molar-refractivity contribution is 5.71. The first-order valence-corrected chi connectivity index (χ1v) is 32.5. The summed E-state index contributed by atoms with van der Waals surface area (Å²) in [5.41, 5.74) is 0. The fourth-order valence-electron chi connectivity index (χ4n) is 9.67. The SMILES string of the molecule is CCCCCCCC/C=C\CCCCCCCCCCCC(=O)OCC(COC(=O)CCCCCCCCC/C=C\CCCCCCCCC)OC(=O)CCCCCCCCC/C=C\CCCCCCCCC. The predicted octanol–water partition coefficient (Wildman–Crippen LogP) is 22.0. The molecule has 6 heteroatoms. The van der Waals surface area contributed by atoms with Crippen LogP contribution in [0.2, 0.25) is 0 Å². The van der Waals surface area contributed by atoms with E-state index in [0.29, 0.717) is 19.3 Å². The molecule has 0 aromatic rings. The van der Waals surface area contributed by atoms with Crippen LogP contribution in [0.5, 0.6) is 0 Å². The van der Waals surface area contributed by atoms with Gasteiger partial charge in [-0.05, 0) is 96.3 Å². The summed E-state index contributed by atoms with van der Waals surface area (Å²) in [5, 5.41) is 0. The highest BCUT2D eigenvalue weighted by Crippen LogP contribution is 2.17. The number of rotatable bonds is 60. The fourth-order valence-corrected chi connectivity index (χ4v) is 9.67. The lowest BCUT2D eigenvalue weighted by atomic mass is 10.1.